The second-order valence-corrected chi connectivity index (χ2v) is 5.82. The van der Waals surface area contributed by atoms with Crippen molar-refractivity contribution >= 4 is 17.2 Å². The summed E-state index contributed by atoms with van der Waals surface area (Å²) in [5.74, 6) is -2.00. The molecule has 1 atom stereocenters. The zero-order valence-electron chi connectivity index (χ0n) is 12.3. The molecule has 1 aromatic carbocycles. The van der Waals surface area contributed by atoms with Crippen LogP contribution in [0, 0.1) is 11.6 Å². The van der Waals surface area contributed by atoms with Gasteiger partial charge < -0.3 is 14.8 Å². The number of rotatable bonds is 5. The Labute approximate surface area is 140 Å². The molecule has 124 valence electrons. The van der Waals surface area contributed by atoms with Crippen molar-refractivity contribution < 1.29 is 23.1 Å². The van der Waals surface area contributed by atoms with Gasteiger partial charge in [-0.3, -0.25) is 4.79 Å². The molecular weight excluding hydrogens is 336 g/mol. The van der Waals surface area contributed by atoms with E-state index in [0.717, 1.165) is 17.7 Å². The van der Waals surface area contributed by atoms with Crippen LogP contribution in [0.3, 0.4) is 0 Å². The summed E-state index contributed by atoms with van der Waals surface area (Å²) in [5, 5.41) is 16.2. The monoisotopic (exact) mass is 349 g/mol. The minimum Gasteiger partial charge on any atom is -0.458 e. The predicted molar refractivity (Wildman–Crippen MR) is 85.7 cm³/mol. The average molecular weight is 349 g/mol. The van der Waals surface area contributed by atoms with Crippen LogP contribution >= 0.6 is 11.3 Å². The van der Waals surface area contributed by atoms with Crippen LogP contribution in [0.4, 0.5) is 8.78 Å². The number of aliphatic hydroxyl groups is 1. The van der Waals surface area contributed by atoms with Crippen molar-refractivity contribution in [2.75, 3.05) is 6.54 Å². The molecule has 0 radical (unpaired) electrons. The normalized spacial score (nSPS) is 12.1. The largest absolute Gasteiger partial charge is 0.458 e. The van der Waals surface area contributed by atoms with Gasteiger partial charge >= 0.3 is 0 Å². The number of aliphatic hydroxyl groups excluding tert-OH is 1. The third kappa shape index (κ3) is 3.37. The van der Waals surface area contributed by atoms with Crippen LogP contribution in [0.15, 0.2) is 51.6 Å². The maximum Gasteiger partial charge on any atom is 0.257 e. The Morgan fingerprint density at radius 1 is 1.21 bits per heavy atom. The van der Waals surface area contributed by atoms with Gasteiger partial charge in [-0.2, -0.15) is 11.3 Å². The summed E-state index contributed by atoms with van der Waals surface area (Å²) in [6.45, 7) is -0.233. The van der Waals surface area contributed by atoms with E-state index in [1.807, 2.05) is 16.8 Å². The molecule has 0 aliphatic carbocycles. The quantitative estimate of drug-likeness (QED) is 0.737. The van der Waals surface area contributed by atoms with Crippen LogP contribution in [0.5, 0.6) is 0 Å². The molecule has 1 unspecified atom stereocenters. The Kier molecular flexibility index (Phi) is 4.73. The maximum atomic E-state index is 13.5. The Bertz CT molecular complexity index is 825. The summed E-state index contributed by atoms with van der Waals surface area (Å²) >= 11 is 1.52. The van der Waals surface area contributed by atoms with Crippen molar-refractivity contribution in [3.8, 4) is 11.3 Å². The number of thiophene rings is 1. The van der Waals surface area contributed by atoms with Crippen molar-refractivity contribution in [3.05, 3.63) is 70.1 Å². The molecule has 2 aromatic heterocycles. The Morgan fingerprint density at radius 2 is 1.96 bits per heavy atom. The summed E-state index contributed by atoms with van der Waals surface area (Å²) in [6, 6.07) is 8.34. The summed E-state index contributed by atoms with van der Waals surface area (Å²) in [4.78, 5) is 11.9. The number of halogens is 2. The lowest BCUT2D eigenvalue weighted by Gasteiger charge is -2.10. The Hall–Kier alpha value is -2.51. The minimum absolute atomic E-state index is 0.233. The first-order valence-electron chi connectivity index (χ1n) is 7.09. The predicted octanol–water partition coefficient (Wildman–Crippen LogP) is 3.75. The van der Waals surface area contributed by atoms with Crippen molar-refractivity contribution in [2.24, 2.45) is 0 Å². The van der Waals surface area contributed by atoms with Crippen molar-refractivity contribution in [1.29, 1.82) is 0 Å². The summed E-state index contributed by atoms with van der Waals surface area (Å²) in [7, 11) is 0. The number of hydrogen-bond acceptors (Lipinski definition) is 4. The van der Waals surface area contributed by atoms with Gasteiger partial charge in [-0.25, -0.2) is 8.78 Å². The number of hydrogen-bond donors (Lipinski definition) is 2. The number of furan rings is 1. The molecule has 1 amide bonds. The third-order valence-corrected chi connectivity index (χ3v) is 4.09. The van der Waals surface area contributed by atoms with Crippen molar-refractivity contribution in [3.63, 3.8) is 0 Å². The highest BCUT2D eigenvalue weighted by molar-refractivity contribution is 7.08. The average Bonchev–Trinajstić information content (AvgIpc) is 3.23. The highest BCUT2D eigenvalue weighted by atomic mass is 32.1. The van der Waals surface area contributed by atoms with E-state index in [0.29, 0.717) is 5.76 Å². The standard InChI is InChI=1S/C17H13F2NO3S/c18-11-2-1-3-12(19)16(11)17(22)20-8-13(21)15-5-4-14(23-15)10-6-7-24-9-10/h1-7,9,13,21H,8H2,(H,20,22). The topological polar surface area (TPSA) is 62.5 Å². The van der Waals surface area contributed by atoms with Crippen LogP contribution in [0.25, 0.3) is 11.3 Å². The van der Waals surface area contributed by atoms with Crippen LogP contribution in [-0.2, 0) is 0 Å². The van der Waals surface area contributed by atoms with Crippen molar-refractivity contribution in [2.45, 2.75) is 6.10 Å². The van der Waals surface area contributed by atoms with Gasteiger partial charge in [-0.1, -0.05) is 6.07 Å². The van der Waals surface area contributed by atoms with Crippen LogP contribution in [0.1, 0.15) is 22.2 Å². The minimum atomic E-state index is -1.13. The second-order valence-electron chi connectivity index (χ2n) is 5.04. The zero-order valence-corrected chi connectivity index (χ0v) is 13.1. The summed E-state index contributed by atoms with van der Waals surface area (Å²) in [5.41, 5.74) is 0.207. The fraction of sp³-hybridized carbons (Fsp3) is 0.118. The zero-order chi connectivity index (χ0) is 17.1. The number of carbonyl (C=O) groups is 1. The van der Waals surface area contributed by atoms with E-state index in [1.165, 1.54) is 17.4 Å². The van der Waals surface area contributed by atoms with Gasteiger partial charge in [0, 0.05) is 10.9 Å². The van der Waals surface area contributed by atoms with Gasteiger partial charge in [0.2, 0.25) is 0 Å². The van der Waals surface area contributed by atoms with E-state index < -0.39 is 29.2 Å². The van der Waals surface area contributed by atoms with Gasteiger partial charge in [-0.15, -0.1) is 0 Å². The fourth-order valence-corrected chi connectivity index (χ4v) is 2.83. The molecule has 0 saturated carbocycles. The van der Waals surface area contributed by atoms with E-state index in [9.17, 15) is 18.7 Å². The fourth-order valence-electron chi connectivity index (χ4n) is 2.18. The lowest BCUT2D eigenvalue weighted by Crippen LogP contribution is -2.29. The molecule has 0 aliphatic heterocycles. The molecule has 0 fully saturated rings. The summed E-state index contributed by atoms with van der Waals surface area (Å²) in [6.07, 6.45) is -1.13. The highest BCUT2D eigenvalue weighted by Gasteiger charge is 2.19. The van der Waals surface area contributed by atoms with Gasteiger partial charge in [-0.05, 0) is 35.7 Å². The van der Waals surface area contributed by atoms with E-state index in [-0.39, 0.29) is 12.3 Å². The maximum absolute atomic E-state index is 13.5. The molecule has 3 rings (SSSR count). The van der Waals surface area contributed by atoms with E-state index in [4.69, 9.17) is 4.42 Å². The molecule has 0 bridgehead atoms. The molecule has 2 N–H and O–H groups in total. The first-order valence-corrected chi connectivity index (χ1v) is 8.03. The smallest absolute Gasteiger partial charge is 0.257 e. The highest BCUT2D eigenvalue weighted by Crippen LogP contribution is 2.26. The van der Waals surface area contributed by atoms with Crippen LogP contribution in [-0.4, -0.2) is 17.6 Å². The molecule has 24 heavy (non-hydrogen) atoms. The number of nitrogens with one attached hydrogen (secondary N) is 1. The Morgan fingerprint density at radius 3 is 2.62 bits per heavy atom. The van der Waals surface area contributed by atoms with Crippen LogP contribution < -0.4 is 5.32 Å². The van der Waals surface area contributed by atoms with E-state index in [2.05, 4.69) is 5.32 Å². The van der Waals surface area contributed by atoms with E-state index >= 15 is 0 Å². The SMILES string of the molecule is O=C(NCC(O)c1ccc(-c2ccsc2)o1)c1c(F)cccc1F. The van der Waals surface area contributed by atoms with Crippen LogP contribution in [0.2, 0.25) is 0 Å². The van der Waals surface area contributed by atoms with Gasteiger partial charge in [0.05, 0.1) is 6.54 Å². The van der Waals surface area contributed by atoms with Gasteiger partial charge in [0.15, 0.2) is 0 Å². The van der Waals surface area contributed by atoms with Crippen molar-refractivity contribution in [1.82, 2.24) is 5.32 Å². The lowest BCUT2D eigenvalue weighted by molar-refractivity contribution is 0.0893. The lowest BCUT2D eigenvalue weighted by atomic mass is 10.1. The van der Waals surface area contributed by atoms with E-state index in [1.54, 1.807) is 12.1 Å². The first-order chi connectivity index (χ1) is 11.6. The summed E-state index contributed by atoms with van der Waals surface area (Å²) < 4.78 is 32.6. The molecule has 4 nitrogen and oxygen atoms in total. The Balaban J connectivity index is 1.65. The number of benzene rings is 1. The molecular formula is C17H13F2NO3S. The first kappa shape index (κ1) is 16.4. The number of carbonyl (C=O) groups excluding carboxylic acids is 1. The molecule has 0 saturated heterocycles. The second kappa shape index (κ2) is 6.94. The molecule has 0 spiro atoms. The molecule has 0 aliphatic rings. The molecule has 2 heterocycles. The van der Waals surface area contributed by atoms with Gasteiger partial charge in [0.25, 0.3) is 5.91 Å². The third-order valence-electron chi connectivity index (χ3n) is 3.41. The molecule has 3 aromatic rings. The van der Waals surface area contributed by atoms with Gasteiger partial charge in [0.1, 0.15) is 34.8 Å². The molecule has 7 heteroatoms. The number of amides is 1.